The zero-order valence-electron chi connectivity index (χ0n) is 27.6. The van der Waals surface area contributed by atoms with E-state index >= 15 is 0 Å². The number of ether oxygens (including phenoxy) is 2. The first-order valence-electron chi connectivity index (χ1n) is 15.0. The number of rotatable bonds is 8. The Morgan fingerprint density at radius 2 is 1.04 bits per heavy atom. The highest BCUT2D eigenvalue weighted by molar-refractivity contribution is 6.04. The molecule has 0 spiro atoms. The maximum atomic E-state index is 12.4. The Morgan fingerprint density at radius 1 is 0.633 bits per heavy atom. The maximum absolute atomic E-state index is 12.4. The van der Waals surface area contributed by atoms with E-state index in [1.54, 1.807) is 43.1 Å². The minimum Gasteiger partial charge on any atom is -0.406 e. The largest absolute Gasteiger partial charge is 0.573 e. The van der Waals surface area contributed by atoms with E-state index in [1.807, 2.05) is 62.4 Å². The van der Waals surface area contributed by atoms with Crippen molar-refractivity contribution in [1.82, 2.24) is 0 Å². The number of anilines is 3. The second-order valence-electron chi connectivity index (χ2n) is 10.6. The molecular formula is C35H38F6N6O2. The molecule has 262 valence electrons. The topological polar surface area (TPSA) is 90.4 Å². The van der Waals surface area contributed by atoms with Gasteiger partial charge in [-0.25, -0.2) is 4.99 Å². The highest BCUT2D eigenvalue weighted by atomic mass is 19.4. The quantitative estimate of drug-likeness (QED) is 0.109. The lowest BCUT2D eigenvalue weighted by molar-refractivity contribution is -0.275. The van der Waals surface area contributed by atoms with Crippen molar-refractivity contribution >= 4 is 34.7 Å². The SMILES string of the molecule is CCc1cccc(N(C)C(=N)N(C)c2cccc(OC(F)(F)F)c2)c1.CCc1cccc(N(C)C(N)=Nc2cccc(OC(F)(F)F)c2)c1. The zero-order valence-corrected chi connectivity index (χ0v) is 27.6. The number of aliphatic imine (C=N–C) groups is 1. The average molecular weight is 689 g/mol. The van der Waals surface area contributed by atoms with Crippen molar-refractivity contribution in [1.29, 1.82) is 5.41 Å². The second-order valence-corrected chi connectivity index (χ2v) is 10.6. The van der Waals surface area contributed by atoms with Gasteiger partial charge in [-0.05, 0) is 72.5 Å². The number of benzene rings is 4. The molecule has 14 heteroatoms. The van der Waals surface area contributed by atoms with Crippen LogP contribution in [0.1, 0.15) is 25.0 Å². The Labute approximate surface area is 281 Å². The van der Waals surface area contributed by atoms with Gasteiger partial charge in [-0.15, -0.1) is 26.3 Å². The number of hydrogen-bond donors (Lipinski definition) is 2. The average Bonchev–Trinajstić information content (AvgIpc) is 3.06. The lowest BCUT2D eigenvalue weighted by Crippen LogP contribution is -2.39. The van der Waals surface area contributed by atoms with Crippen LogP contribution in [0.5, 0.6) is 11.5 Å². The molecule has 0 fully saturated rings. The van der Waals surface area contributed by atoms with Crippen LogP contribution >= 0.6 is 0 Å². The summed E-state index contributed by atoms with van der Waals surface area (Å²) in [4.78, 5) is 8.97. The molecule has 0 amide bonds. The van der Waals surface area contributed by atoms with Gasteiger partial charge in [-0.3, -0.25) is 5.41 Å². The number of nitrogens with zero attached hydrogens (tertiary/aromatic N) is 4. The Kier molecular flexibility index (Phi) is 12.9. The lowest BCUT2D eigenvalue weighted by atomic mass is 10.1. The molecule has 49 heavy (non-hydrogen) atoms. The normalized spacial score (nSPS) is 11.6. The highest BCUT2D eigenvalue weighted by Gasteiger charge is 2.32. The first kappa shape index (κ1) is 38.1. The van der Waals surface area contributed by atoms with Crippen LogP contribution in [-0.2, 0) is 12.8 Å². The van der Waals surface area contributed by atoms with Crippen molar-refractivity contribution in [3.63, 3.8) is 0 Å². The third-order valence-electron chi connectivity index (χ3n) is 7.12. The van der Waals surface area contributed by atoms with Gasteiger partial charge in [0.25, 0.3) is 0 Å². The summed E-state index contributed by atoms with van der Waals surface area (Å²) in [6, 6.07) is 26.4. The predicted molar refractivity (Wildman–Crippen MR) is 182 cm³/mol. The molecule has 0 heterocycles. The third-order valence-corrected chi connectivity index (χ3v) is 7.12. The van der Waals surface area contributed by atoms with Gasteiger partial charge in [-0.1, -0.05) is 50.2 Å². The summed E-state index contributed by atoms with van der Waals surface area (Å²) in [7, 11) is 5.10. The summed E-state index contributed by atoms with van der Waals surface area (Å²) < 4.78 is 81.7. The Hall–Kier alpha value is -5.40. The Morgan fingerprint density at radius 3 is 1.51 bits per heavy atom. The van der Waals surface area contributed by atoms with Gasteiger partial charge in [0.05, 0.1) is 5.69 Å². The van der Waals surface area contributed by atoms with E-state index in [-0.39, 0.29) is 29.1 Å². The van der Waals surface area contributed by atoms with E-state index in [0.29, 0.717) is 5.69 Å². The Balaban J connectivity index is 0.000000266. The summed E-state index contributed by atoms with van der Waals surface area (Å²) in [5, 5.41) is 8.34. The fourth-order valence-corrected chi connectivity index (χ4v) is 4.42. The molecule has 3 N–H and O–H groups in total. The molecule has 0 aromatic heterocycles. The minimum absolute atomic E-state index is 0.123. The van der Waals surface area contributed by atoms with Crippen LogP contribution in [0.15, 0.2) is 102 Å². The van der Waals surface area contributed by atoms with Crippen molar-refractivity contribution < 1.29 is 35.8 Å². The van der Waals surface area contributed by atoms with Crippen molar-refractivity contribution in [2.45, 2.75) is 39.4 Å². The number of alkyl halides is 6. The monoisotopic (exact) mass is 688 g/mol. The molecule has 0 unspecified atom stereocenters. The second kappa shape index (κ2) is 16.6. The van der Waals surface area contributed by atoms with Crippen LogP contribution in [-0.4, -0.2) is 45.8 Å². The highest BCUT2D eigenvalue weighted by Crippen LogP contribution is 2.28. The molecular weight excluding hydrogens is 650 g/mol. The third kappa shape index (κ3) is 12.0. The fraction of sp³-hybridized carbons (Fsp3) is 0.257. The van der Waals surface area contributed by atoms with Gasteiger partial charge >= 0.3 is 12.7 Å². The molecule has 0 aliphatic heterocycles. The van der Waals surface area contributed by atoms with Crippen LogP contribution in [0, 0.1) is 5.41 Å². The summed E-state index contributed by atoms with van der Waals surface area (Å²) in [5.41, 5.74) is 10.6. The molecule has 0 aliphatic carbocycles. The number of nitrogens with two attached hydrogens (primary N) is 1. The molecule has 4 aromatic carbocycles. The number of nitrogens with one attached hydrogen (secondary N) is 1. The van der Waals surface area contributed by atoms with Gasteiger partial charge in [0, 0.05) is 50.3 Å². The molecule has 0 aliphatic rings. The summed E-state index contributed by atoms with van der Waals surface area (Å²) in [6.45, 7) is 4.09. The molecule has 0 saturated heterocycles. The van der Waals surface area contributed by atoms with Gasteiger partial charge in [0.15, 0.2) is 0 Å². The lowest BCUT2D eigenvalue weighted by Gasteiger charge is -2.28. The molecule has 0 atom stereocenters. The molecule has 4 rings (SSSR count). The van der Waals surface area contributed by atoms with Gasteiger partial charge in [0.2, 0.25) is 11.9 Å². The number of guanidine groups is 2. The van der Waals surface area contributed by atoms with E-state index in [4.69, 9.17) is 11.1 Å². The van der Waals surface area contributed by atoms with Crippen LogP contribution in [0.25, 0.3) is 0 Å². The maximum Gasteiger partial charge on any atom is 0.573 e. The zero-order chi connectivity index (χ0) is 36.4. The summed E-state index contributed by atoms with van der Waals surface area (Å²) in [5.74, 6) is -0.378. The van der Waals surface area contributed by atoms with E-state index in [9.17, 15) is 26.3 Å². The van der Waals surface area contributed by atoms with Gasteiger partial charge in [0.1, 0.15) is 11.5 Å². The van der Waals surface area contributed by atoms with Crippen LogP contribution in [0.2, 0.25) is 0 Å². The molecule has 8 nitrogen and oxygen atoms in total. The van der Waals surface area contributed by atoms with Crippen molar-refractivity contribution in [2.24, 2.45) is 10.7 Å². The first-order chi connectivity index (χ1) is 23.0. The van der Waals surface area contributed by atoms with Crippen LogP contribution < -0.4 is 29.9 Å². The van der Waals surface area contributed by atoms with E-state index in [2.05, 4.69) is 14.5 Å². The predicted octanol–water partition coefficient (Wildman–Crippen LogP) is 8.89. The van der Waals surface area contributed by atoms with Crippen molar-refractivity contribution in [3.05, 3.63) is 108 Å². The van der Waals surface area contributed by atoms with E-state index in [0.717, 1.165) is 35.3 Å². The van der Waals surface area contributed by atoms with E-state index in [1.165, 1.54) is 41.3 Å². The van der Waals surface area contributed by atoms with Crippen molar-refractivity contribution in [3.8, 4) is 11.5 Å². The molecule has 0 saturated carbocycles. The van der Waals surface area contributed by atoms with Crippen LogP contribution in [0.3, 0.4) is 0 Å². The van der Waals surface area contributed by atoms with Crippen molar-refractivity contribution in [2.75, 3.05) is 35.8 Å². The summed E-state index contributed by atoms with van der Waals surface area (Å²) >= 11 is 0. The first-order valence-corrected chi connectivity index (χ1v) is 15.0. The standard InChI is InChI=1S/C18H20F3N3O.C17H18F3N3O/c1-4-13-7-5-8-14(11-13)23(2)17(22)24(3)15-9-6-10-16(12-15)25-18(19,20)21;1-3-12-6-4-8-14(10-12)23(2)16(21)22-13-7-5-9-15(11-13)24-17(18,19)20/h5-12,22H,4H2,1-3H3;4-11H,3H2,1-2H3,(H2,21,22). The van der Waals surface area contributed by atoms with Gasteiger partial charge < -0.3 is 29.9 Å². The van der Waals surface area contributed by atoms with E-state index < -0.39 is 12.7 Å². The summed E-state index contributed by atoms with van der Waals surface area (Å²) in [6.07, 6.45) is -7.73. The minimum atomic E-state index is -4.75. The number of hydrogen-bond acceptors (Lipinski definition) is 4. The van der Waals surface area contributed by atoms with Crippen LogP contribution in [0.4, 0.5) is 49.1 Å². The number of aryl methyl sites for hydroxylation is 2. The number of halogens is 6. The smallest absolute Gasteiger partial charge is 0.406 e. The molecule has 4 aromatic rings. The molecule has 0 bridgehead atoms. The fourth-order valence-electron chi connectivity index (χ4n) is 4.42. The van der Waals surface area contributed by atoms with Gasteiger partial charge in [-0.2, -0.15) is 0 Å². The molecule has 0 radical (unpaired) electrons. The Bertz CT molecular complexity index is 1730.